The molecule has 5 nitrogen and oxygen atoms in total. The maximum Gasteiger partial charge on any atom is 0.132 e. The second-order valence-electron chi connectivity index (χ2n) is 2.99. The van der Waals surface area contributed by atoms with E-state index in [2.05, 4.69) is 0 Å². The summed E-state index contributed by atoms with van der Waals surface area (Å²) in [6, 6.07) is 0. The van der Waals surface area contributed by atoms with Crippen LogP contribution in [0.15, 0.2) is 0 Å². The van der Waals surface area contributed by atoms with Crippen molar-refractivity contribution in [3.8, 4) is 0 Å². The van der Waals surface area contributed by atoms with Crippen LogP contribution in [0.2, 0.25) is 0 Å². The molecule has 0 aromatic heterocycles. The Balaban J connectivity index is 0. The minimum absolute atomic E-state index is 0.125. The van der Waals surface area contributed by atoms with E-state index >= 15 is 0 Å². The van der Waals surface area contributed by atoms with Crippen molar-refractivity contribution in [2.45, 2.75) is 32.1 Å². The minimum Gasteiger partial charge on any atom is -0.394 e. The van der Waals surface area contributed by atoms with Gasteiger partial charge in [0.25, 0.3) is 0 Å². The van der Waals surface area contributed by atoms with E-state index in [0.29, 0.717) is 5.78 Å². The molecule has 0 atom stereocenters. The summed E-state index contributed by atoms with van der Waals surface area (Å²) in [4.78, 5) is 10.5. The monoisotopic (exact) mass is 222 g/mol. The molecule has 0 unspecified atom stereocenters. The Hall–Kier alpha value is -0.490. The van der Waals surface area contributed by atoms with Crippen molar-refractivity contribution in [2.24, 2.45) is 0 Å². The van der Waals surface area contributed by atoms with Crippen LogP contribution in [-0.2, 0) is 4.79 Å². The van der Waals surface area contributed by atoms with Crippen LogP contribution in [0.4, 0.5) is 0 Å². The number of hydrogen-bond acceptors (Lipinski definition) is 5. The molecule has 0 amide bonds. The van der Waals surface area contributed by atoms with Gasteiger partial charge >= 0.3 is 0 Å². The van der Waals surface area contributed by atoms with E-state index in [1.54, 1.807) is 0 Å². The van der Waals surface area contributed by atoms with E-state index in [4.69, 9.17) is 20.4 Å². The highest BCUT2D eigenvalue weighted by atomic mass is 16.3. The number of hydrogen-bond donors (Lipinski definition) is 4. The lowest BCUT2D eigenvalue weighted by molar-refractivity contribution is -0.120. The Morgan fingerprint density at radius 3 is 1.20 bits per heavy atom. The molecule has 1 saturated carbocycles. The standard InChI is InChI=1S/C6H10O.2C2H6O2/c7-6-4-2-1-3-5-6;2*3-1-2-4/h1-5H2;2*3-4H,1-2H2. The summed E-state index contributed by atoms with van der Waals surface area (Å²) in [5.41, 5.74) is 0. The second-order valence-corrected chi connectivity index (χ2v) is 2.99. The molecular weight excluding hydrogens is 200 g/mol. The summed E-state index contributed by atoms with van der Waals surface area (Å²) < 4.78 is 0. The molecule has 0 bridgehead atoms. The van der Waals surface area contributed by atoms with Crippen molar-refractivity contribution in [1.29, 1.82) is 0 Å². The number of carbonyl (C=O) groups is 1. The van der Waals surface area contributed by atoms with Crippen LogP contribution in [0, 0.1) is 0 Å². The average Bonchev–Trinajstić information content (AvgIpc) is 2.31. The van der Waals surface area contributed by atoms with Gasteiger partial charge in [-0.25, -0.2) is 0 Å². The molecule has 92 valence electrons. The van der Waals surface area contributed by atoms with Gasteiger partial charge in [-0.2, -0.15) is 0 Å². The van der Waals surface area contributed by atoms with Gasteiger partial charge in [-0.1, -0.05) is 6.42 Å². The molecular formula is C10H22O5. The van der Waals surface area contributed by atoms with Crippen LogP contribution < -0.4 is 0 Å². The fraction of sp³-hybridized carbons (Fsp3) is 0.900. The summed E-state index contributed by atoms with van der Waals surface area (Å²) in [6.07, 6.45) is 5.24. The predicted octanol–water partition coefficient (Wildman–Crippen LogP) is -0.538. The molecule has 1 aliphatic carbocycles. The maximum atomic E-state index is 10.5. The number of aliphatic hydroxyl groups excluding tert-OH is 4. The van der Waals surface area contributed by atoms with Crippen molar-refractivity contribution in [3.63, 3.8) is 0 Å². The minimum atomic E-state index is -0.125. The third-order valence-electron chi connectivity index (χ3n) is 1.61. The largest absolute Gasteiger partial charge is 0.394 e. The van der Waals surface area contributed by atoms with Crippen molar-refractivity contribution in [2.75, 3.05) is 26.4 Å². The molecule has 0 spiro atoms. The SMILES string of the molecule is O=C1CCCCC1.OCCO.OCCO. The zero-order valence-corrected chi connectivity index (χ0v) is 9.06. The lowest BCUT2D eigenvalue weighted by atomic mass is 10.00. The summed E-state index contributed by atoms with van der Waals surface area (Å²) in [7, 11) is 0. The predicted molar refractivity (Wildman–Crippen MR) is 56.4 cm³/mol. The first-order valence-corrected chi connectivity index (χ1v) is 5.18. The van der Waals surface area contributed by atoms with Crippen LogP contribution in [-0.4, -0.2) is 52.6 Å². The molecule has 1 fully saturated rings. The first-order valence-electron chi connectivity index (χ1n) is 5.18. The number of Topliss-reactive ketones (excluding diaryl/α,β-unsaturated/α-hetero) is 1. The van der Waals surface area contributed by atoms with Gasteiger partial charge in [-0.3, -0.25) is 4.79 Å². The van der Waals surface area contributed by atoms with E-state index in [0.717, 1.165) is 25.7 Å². The van der Waals surface area contributed by atoms with Crippen molar-refractivity contribution in [1.82, 2.24) is 0 Å². The van der Waals surface area contributed by atoms with Crippen LogP contribution in [0.5, 0.6) is 0 Å². The van der Waals surface area contributed by atoms with Crippen molar-refractivity contribution >= 4 is 5.78 Å². The smallest absolute Gasteiger partial charge is 0.132 e. The Morgan fingerprint density at radius 1 is 0.733 bits per heavy atom. The summed E-state index contributed by atoms with van der Waals surface area (Å²) in [6.45, 7) is -0.500. The average molecular weight is 222 g/mol. The van der Waals surface area contributed by atoms with Crippen LogP contribution in [0.1, 0.15) is 32.1 Å². The van der Waals surface area contributed by atoms with Crippen LogP contribution in [0.25, 0.3) is 0 Å². The molecule has 15 heavy (non-hydrogen) atoms. The van der Waals surface area contributed by atoms with Crippen LogP contribution >= 0.6 is 0 Å². The van der Waals surface area contributed by atoms with Gasteiger partial charge in [0.15, 0.2) is 0 Å². The van der Waals surface area contributed by atoms with Gasteiger partial charge in [-0.05, 0) is 12.8 Å². The first kappa shape index (κ1) is 16.9. The Morgan fingerprint density at radius 2 is 1.07 bits per heavy atom. The molecule has 0 aromatic rings. The Bertz CT molecular complexity index is 111. The number of ketones is 1. The van der Waals surface area contributed by atoms with Gasteiger partial charge in [0, 0.05) is 12.8 Å². The summed E-state index contributed by atoms with van der Waals surface area (Å²) >= 11 is 0. The molecule has 1 rings (SSSR count). The van der Waals surface area contributed by atoms with E-state index in [-0.39, 0.29) is 26.4 Å². The van der Waals surface area contributed by atoms with Gasteiger partial charge in [0.05, 0.1) is 26.4 Å². The first-order chi connectivity index (χ1) is 7.22. The number of aliphatic hydroxyl groups is 4. The van der Waals surface area contributed by atoms with E-state index < -0.39 is 0 Å². The van der Waals surface area contributed by atoms with Gasteiger partial charge in [0.2, 0.25) is 0 Å². The fourth-order valence-corrected chi connectivity index (χ4v) is 0.946. The molecule has 0 heterocycles. The van der Waals surface area contributed by atoms with Gasteiger partial charge in [0.1, 0.15) is 5.78 Å². The highest BCUT2D eigenvalue weighted by Crippen LogP contribution is 2.12. The molecule has 0 saturated heterocycles. The highest BCUT2D eigenvalue weighted by molar-refractivity contribution is 5.78. The van der Waals surface area contributed by atoms with Crippen molar-refractivity contribution in [3.05, 3.63) is 0 Å². The quantitative estimate of drug-likeness (QED) is 0.503. The third kappa shape index (κ3) is 19.8. The maximum absolute atomic E-state index is 10.5. The highest BCUT2D eigenvalue weighted by Gasteiger charge is 2.05. The second kappa shape index (κ2) is 16.0. The molecule has 0 radical (unpaired) electrons. The van der Waals surface area contributed by atoms with Crippen LogP contribution in [0.3, 0.4) is 0 Å². The lowest BCUT2D eigenvalue weighted by Crippen LogP contribution is -2.02. The summed E-state index contributed by atoms with van der Waals surface area (Å²) in [5, 5.41) is 30.5. The van der Waals surface area contributed by atoms with Gasteiger partial charge in [-0.15, -0.1) is 0 Å². The van der Waals surface area contributed by atoms with E-state index in [1.807, 2.05) is 0 Å². The third-order valence-corrected chi connectivity index (χ3v) is 1.61. The molecule has 1 aliphatic rings. The number of carbonyl (C=O) groups excluding carboxylic acids is 1. The van der Waals surface area contributed by atoms with E-state index in [9.17, 15) is 4.79 Å². The fourth-order valence-electron chi connectivity index (χ4n) is 0.946. The Labute approximate surface area is 90.4 Å². The summed E-state index contributed by atoms with van der Waals surface area (Å²) in [5.74, 6) is 0.464. The molecule has 0 aliphatic heterocycles. The van der Waals surface area contributed by atoms with Crippen molar-refractivity contribution < 1.29 is 25.2 Å². The molecule has 4 N–H and O–H groups in total. The molecule has 5 heteroatoms. The van der Waals surface area contributed by atoms with E-state index in [1.165, 1.54) is 6.42 Å². The lowest BCUT2D eigenvalue weighted by Gasteiger charge is -2.05. The zero-order valence-electron chi connectivity index (χ0n) is 9.06. The van der Waals surface area contributed by atoms with Gasteiger partial charge < -0.3 is 20.4 Å². The number of rotatable bonds is 2. The normalized spacial score (nSPS) is 14.5. The zero-order chi connectivity index (χ0) is 11.9. The topological polar surface area (TPSA) is 98.0 Å². The Kier molecular flexibility index (Phi) is 18.0. The molecule has 0 aromatic carbocycles.